The van der Waals surface area contributed by atoms with E-state index in [0.29, 0.717) is 12.1 Å². The van der Waals surface area contributed by atoms with Crippen molar-refractivity contribution in [2.24, 2.45) is 4.99 Å². The Bertz CT molecular complexity index is 1320. The van der Waals surface area contributed by atoms with Crippen molar-refractivity contribution in [2.75, 3.05) is 11.9 Å². The van der Waals surface area contributed by atoms with Crippen molar-refractivity contribution in [3.63, 3.8) is 0 Å². The number of nitrogens with zero attached hydrogens (tertiary/aromatic N) is 2. The van der Waals surface area contributed by atoms with E-state index < -0.39 is 0 Å². The van der Waals surface area contributed by atoms with Crippen LogP contribution in [-0.4, -0.2) is 23.2 Å². The van der Waals surface area contributed by atoms with Crippen molar-refractivity contribution in [3.8, 4) is 11.3 Å². The number of thiazole rings is 1. The summed E-state index contributed by atoms with van der Waals surface area (Å²) in [4.78, 5) is 18.9. The molecule has 4 aromatic rings. The summed E-state index contributed by atoms with van der Waals surface area (Å²) < 4.78 is 8.19. The fourth-order valence-electron chi connectivity index (χ4n) is 4.12. The minimum atomic E-state index is -0.134. The van der Waals surface area contributed by atoms with E-state index >= 15 is 0 Å². The summed E-state index contributed by atoms with van der Waals surface area (Å²) >= 11 is 1.50. The molecule has 172 valence electrons. The minimum absolute atomic E-state index is 0.131. The van der Waals surface area contributed by atoms with Crippen LogP contribution in [0.5, 0.6) is 0 Å². The molecular formula is C28H27N3O2S. The number of aryl methyl sites for hydroxylation is 1. The lowest BCUT2D eigenvalue weighted by Crippen LogP contribution is -2.24. The van der Waals surface area contributed by atoms with Gasteiger partial charge in [-0.05, 0) is 44.0 Å². The molecule has 5 nitrogen and oxygen atoms in total. The quantitative estimate of drug-likeness (QED) is 0.366. The van der Waals surface area contributed by atoms with Gasteiger partial charge in [-0.3, -0.25) is 4.79 Å². The van der Waals surface area contributed by atoms with Gasteiger partial charge >= 0.3 is 0 Å². The van der Waals surface area contributed by atoms with Crippen LogP contribution in [0.2, 0.25) is 0 Å². The SMILES string of the molecule is Cc1ccc(-c2c(NC(=O)c3ccccc3)sc(=Nc3ccccc3)n2C[C@H]2CCCO2)cc1. The molecule has 2 heterocycles. The number of carbonyl (C=O) groups excluding carboxylic acids is 1. The van der Waals surface area contributed by atoms with Crippen LogP contribution in [0.15, 0.2) is 89.9 Å². The number of hydrogen-bond donors (Lipinski definition) is 1. The monoisotopic (exact) mass is 469 g/mol. The molecule has 1 aliphatic heterocycles. The zero-order valence-corrected chi connectivity index (χ0v) is 19.9. The third-order valence-corrected chi connectivity index (χ3v) is 6.88. The van der Waals surface area contributed by atoms with Crippen molar-refractivity contribution >= 4 is 27.9 Å². The molecule has 0 unspecified atom stereocenters. The predicted octanol–water partition coefficient (Wildman–Crippen LogP) is 6.19. The molecule has 1 atom stereocenters. The largest absolute Gasteiger partial charge is 0.376 e. The normalized spacial score (nSPS) is 16.0. The number of hydrogen-bond acceptors (Lipinski definition) is 4. The van der Waals surface area contributed by atoms with E-state index in [1.807, 2.05) is 60.7 Å². The Morgan fingerprint density at radius 2 is 1.74 bits per heavy atom. The third-order valence-electron chi connectivity index (χ3n) is 5.89. The van der Waals surface area contributed by atoms with Crippen LogP contribution in [0.25, 0.3) is 11.3 Å². The average molecular weight is 470 g/mol. The number of benzene rings is 3. The zero-order chi connectivity index (χ0) is 23.3. The van der Waals surface area contributed by atoms with Crippen LogP contribution in [-0.2, 0) is 11.3 Å². The van der Waals surface area contributed by atoms with Crippen molar-refractivity contribution in [2.45, 2.75) is 32.4 Å². The van der Waals surface area contributed by atoms with E-state index in [1.54, 1.807) is 0 Å². The standard InChI is InChI=1S/C28H27N3O2S/c1-20-14-16-21(17-15-20)25-27(30-26(32)22-9-4-2-5-10-22)34-28(29-23-11-6-3-7-12-23)31(25)19-24-13-8-18-33-24/h2-7,9-12,14-17,24H,8,13,18-19H2,1H3,(H,30,32)/t24-/m1/s1. The second-order valence-electron chi connectivity index (χ2n) is 8.44. The lowest BCUT2D eigenvalue weighted by atomic mass is 10.1. The van der Waals surface area contributed by atoms with Gasteiger partial charge in [0.05, 0.1) is 24.0 Å². The fourth-order valence-corrected chi connectivity index (χ4v) is 5.20. The number of anilines is 1. The van der Waals surface area contributed by atoms with Crippen LogP contribution >= 0.6 is 11.3 Å². The van der Waals surface area contributed by atoms with Crippen molar-refractivity contribution in [3.05, 3.63) is 101 Å². The summed E-state index contributed by atoms with van der Waals surface area (Å²) in [5.41, 5.74) is 4.69. The summed E-state index contributed by atoms with van der Waals surface area (Å²) in [6, 6.07) is 27.6. The first kappa shape index (κ1) is 22.3. The number of carbonyl (C=O) groups is 1. The second kappa shape index (κ2) is 10.2. The molecule has 34 heavy (non-hydrogen) atoms. The van der Waals surface area contributed by atoms with Crippen molar-refractivity contribution in [1.29, 1.82) is 0 Å². The molecule has 0 spiro atoms. The highest BCUT2D eigenvalue weighted by Gasteiger charge is 2.23. The maximum absolute atomic E-state index is 13.1. The van der Waals surface area contributed by atoms with Crippen LogP contribution < -0.4 is 10.1 Å². The van der Waals surface area contributed by atoms with Gasteiger partial charge in [-0.25, -0.2) is 4.99 Å². The number of rotatable bonds is 6. The molecule has 1 aromatic heterocycles. The highest BCUT2D eigenvalue weighted by molar-refractivity contribution is 7.14. The van der Waals surface area contributed by atoms with Gasteiger partial charge in [0.2, 0.25) is 0 Å². The lowest BCUT2D eigenvalue weighted by Gasteiger charge is -2.15. The molecule has 1 fully saturated rings. The highest BCUT2D eigenvalue weighted by atomic mass is 32.1. The fraction of sp³-hybridized carbons (Fsp3) is 0.214. The molecule has 3 aromatic carbocycles. The Morgan fingerprint density at radius 1 is 1.03 bits per heavy atom. The van der Waals surface area contributed by atoms with Crippen LogP contribution in [0.3, 0.4) is 0 Å². The van der Waals surface area contributed by atoms with Gasteiger partial charge in [-0.2, -0.15) is 0 Å². The van der Waals surface area contributed by atoms with Crippen LogP contribution in [0, 0.1) is 6.92 Å². The predicted molar refractivity (Wildman–Crippen MR) is 138 cm³/mol. The Morgan fingerprint density at radius 3 is 2.41 bits per heavy atom. The smallest absolute Gasteiger partial charge is 0.256 e. The molecule has 0 radical (unpaired) electrons. The Labute approximate surface area is 203 Å². The molecule has 1 aliphatic rings. The molecule has 1 N–H and O–H groups in total. The van der Waals surface area contributed by atoms with E-state index in [0.717, 1.165) is 46.2 Å². The molecule has 6 heteroatoms. The van der Waals surface area contributed by atoms with Crippen molar-refractivity contribution in [1.82, 2.24) is 4.57 Å². The van der Waals surface area contributed by atoms with E-state index in [2.05, 4.69) is 41.1 Å². The van der Waals surface area contributed by atoms with E-state index in [1.165, 1.54) is 16.9 Å². The number of para-hydroxylation sites is 1. The Kier molecular flexibility index (Phi) is 6.70. The maximum Gasteiger partial charge on any atom is 0.256 e. The van der Waals surface area contributed by atoms with Crippen LogP contribution in [0.1, 0.15) is 28.8 Å². The molecule has 0 aliphatic carbocycles. The lowest BCUT2D eigenvalue weighted by molar-refractivity contribution is 0.0968. The number of ether oxygens (including phenoxy) is 1. The molecule has 0 bridgehead atoms. The van der Waals surface area contributed by atoms with E-state index in [4.69, 9.17) is 9.73 Å². The molecular weight excluding hydrogens is 442 g/mol. The van der Waals surface area contributed by atoms with Crippen molar-refractivity contribution < 1.29 is 9.53 Å². The first-order chi connectivity index (χ1) is 16.7. The molecule has 5 rings (SSSR count). The third kappa shape index (κ3) is 5.03. The van der Waals surface area contributed by atoms with Gasteiger partial charge in [-0.15, -0.1) is 0 Å². The first-order valence-corrected chi connectivity index (χ1v) is 12.4. The first-order valence-electron chi connectivity index (χ1n) is 11.6. The zero-order valence-electron chi connectivity index (χ0n) is 19.1. The van der Waals surface area contributed by atoms with Crippen LogP contribution in [0.4, 0.5) is 10.7 Å². The molecule has 1 amide bonds. The summed E-state index contributed by atoms with van der Waals surface area (Å²) in [6.45, 7) is 3.55. The average Bonchev–Trinajstić information content (AvgIpc) is 3.49. The van der Waals surface area contributed by atoms with Gasteiger partial charge in [0.25, 0.3) is 5.91 Å². The minimum Gasteiger partial charge on any atom is -0.376 e. The summed E-state index contributed by atoms with van der Waals surface area (Å²) in [6.07, 6.45) is 2.22. The summed E-state index contributed by atoms with van der Waals surface area (Å²) in [5, 5.41) is 3.95. The number of amides is 1. The molecule has 1 saturated heterocycles. The number of nitrogens with one attached hydrogen (secondary N) is 1. The summed E-state index contributed by atoms with van der Waals surface area (Å²) in [7, 11) is 0. The Balaban J connectivity index is 1.66. The van der Waals surface area contributed by atoms with E-state index in [9.17, 15) is 4.79 Å². The maximum atomic E-state index is 13.1. The topological polar surface area (TPSA) is 55.6 Å². The van der Waals surface area contributed by atoms with Gasteiger partial charge in [0.15, 0.2) is 4.80 Å². The number of aromatic nitrogens is 1. The highest BCUT2D eigenvalue weighted by Crippen LogP contribution is 2.33. The van der Waals surface area contributed by atoms with Gasteiger partial charge in [0, 0.05) is 17.7 Å². The molecule has 0 saturated carbocycles. The Hall–Kier alpha value is -3.48. The summed E-state index contributed by atoms with van der Waals surface area (Å²) in [5.74, 6) is -0.134. The van der Waals surface area contributed by atoms with Gasteiger partial charge in [0.1, 0.15) is 5.00 Å². The van der Waals surface area contributed by atoms with Gasteiger partial charge < -0.3 is 14.6 Å². The van der Waals surface area contributed by atoms with Gasteiger partial charge in [-0.1, -0.05) is 77.6 Å². The van der Waals surface area contributed by atoms with E-state index in [-0.39, 0.29) is 12.0 Å². The second-order valence-corrected chi connectivity index (χ2v) is 9.42.